The van der Waals surface area contributed by atoms with Gasteiger partial charge in [0.05, 0.1) is 25.0 Å². The second kappa shape index (κ2) is 6.43. The van der Waals surface area contributed by atoms with Gasteiger partial charge >= 0.3 is 0 Å². The lowest BCUT2D eigenvalue weighted by atomic mass is 10.1. The fourth-order valence-corrected chi connectivity index (χ4v) is 3.01. The van der Waals surface area contributed by atoms with E-state index >= 15 is 0 Å². The Morgan fingerprint density at radius 2 is 2.04 bits per heavy atom. The molecule has 0 bridgehead atoms. The summed E-state index contributed by atoms with van der Waals surface area (Å²) in [6, 6.07) is 3.81. The van der Waals surface area contributed by atoms with E-state index in [2.05, 4.69) is 41.2 Å². The van der Waals surface area contributed by atoms with Crippen molar-refractivity contribution in [3.05, 3.63) is 41.5 Å². The van der Waals surface area contributed by atoms with E-state index in [1.165, 1.54) is 11.3 Å². The molecule has 0 aliphatic rings. The van der Waals surface area contributed by atoms with Crippen molar-refractivity contribution in [3.8, 4) is 17.1 Å². The van der Waals surface area contributed by atoms with E-state index in [1.807, 2.05) is 34.6 Å². The summed E-state index contributed by atoms with van der Waals surface area (Å²) in [5.41, 5.74) is 5.10. The zero-order chi connectivity index (χ0) is 17.3. The molecule has 7 nitrogen and oxygen atoms in total. The normalized spacial score (nSPS) is 12.4. The SMILES string of the molecule is CCn1nc(C)c([C@H](C)n2cc(-c3ccc(OC)nc3)nn2)c1C. The highest BCUT2D eigenvalue weighted by atomic mass is 16.5. The zero-order valence-electron chi connectivity index (χ0n) is 14.7. The van der Waals surface area contributed by atoms with Crippen LogP contribution in [0.1, 0.15) is 36.8 Å². The number of nitrogens with zero attached hydrogens (tertiary/aromatic N) is 6. The third-order valence-electron chi connectivity index (χ3n) is 4.30. The van der Waals surface area contributed by atoms with Crippen LogP contribution in [0.3, 0.4) is 0 Å². The summed E-state index contributed by atoms with van der Waals surface area (Å²) in [6.45, 7) is 9.20. The minimum atomic E-state index is 0.0674. The van der Waals surface area contributed by atoms with Gasteiger partial charge in [0.2, 0.25) is 5.88 Å². The van der Waals surface area contributed by atoms with Crippen molar-refractivity contribution < 1.29 is 4.74 Å². The lowest BCUT2D eigenvalue weighted by molar-refractivity contribution is 0.398. The van der Waals surface area contributed by atoms with Crippen molar-refractivity contribution in [2.75, 3.05) is 7.11 Å². The molecule has 0 aliphatic carbocycles. The molecule has 0 spiro atoms. The van der Waals surface area contributed by atoms with E-state index in [4.69, 9.17) is 4.74 Å². The summed E-state index contributed by atoms with van der Waals surface area (Å²) < 4.78 is 8.98. The molecule has 0 amide bonds. The Morgan fingerprint density at radius 3 is 2.62 bits per heavy atom. The van der Waals surface area contributed by atoms with Gasteiger partial charge in [-0.3, -0.25) is 4.68 Å². The summed E-state index contributed by atoms with van der Waals surface area (Å²) in [6.07, 6.45) is 3.68. The first-order valence-electron chi connectivity index (χ1n) is 8.01. The molecule has 0 saturated carbocycles. The fraction of sp³-hybridized carbons (Fsp3) is 0.412. The van der Waals surface area contributed by atoms with Crippen LogP contribution in [-0.2, 0) is 6.54 Å². The van der Waals surface area contributed by atoms with Gasteiger partial charge < -0.3 is 4.74 Å². The summed E-state index contributed by atoms with van der Waals surface area (Å²) in [4.78, 5) is 4.22. The van der Waals surface area contributed by atoms with Gasteiger partial charge in [-0.15, -0.1) is 5.10 Å². The maximum Gasteiger partial charge on any atom is 0.212 e. The highest BCUT2D eigenvalue weighted by molar-refractivity contribution is 5.56. The van der Waals surface area contributed by atoms with Crippen molar-refractivity contribution in [3.63, 3.8) is 0 Å². The molecular formula is C17H22N6O. The molecular weight excluding hydrogens is 304 g/mol. The van der Waals surface area contributed by atoms with E-state index in [1.54, 1.807) is 13.3 Å². The smallest absolute Gasteiger partial charge is 0.212 e. The largest absolute Gasteiger partial charge is 0.481 e. The van der Waals surface area contributed by atoms with Gasteiger partial charge in [0.15, 0.2) is 0 Å². The van der Waals surface area contributed by atoms with E-state index in [-0.39, 0.29) is 6.04 Å². The topological polar surface area (TPSA) is 70.7 Å². The molecule has 0 unspecified atom stereocenters. The number of aromatic nitrogens is 6. The Bertz CT molecular complexity index is 833. The molecule has 0 fully saturated rings. The predicted molar refractivity (Wildman–Crippen MR) is 91.0 cm³/mol. The monoisotopic (exact) mass is 326 g/mol. The Labute approximate surface area is 141 Å². The van der Waals surface area contributed by atoms with Gasteiger partial charge in [-0.25, -0.2) is 9.67 Å². The second-order valence-corrected chi connectivity index (χ2v) is 5.75. The third-order valence-corrected chi connectivity index (χ3v) is 4.30. The van der Waals surface area contributed by atoms with Crippen LogP contribution in [0.5, 0.6) is 5.88 Å². The Hall–Kier alpha value is -2.70. The fourth-order valence-electron chi connectivity index (χ4n) is 3.01. The highest BCUT2D eigenvalue weighted by Gasteiger charge is 2.20. The minimum absolute atomic E-state index is 0.0674. The van der Waals surface area contributed by atoms with Gasteiger partial charge in [-0.1, -0.05) is 5.21 Å². The molecule has 1 atom stereocenters. The quantitative estimate of drug-likeness (QED) is 0.721. The molecule has 3 rings (SSSR count). The maximum absolute atomic E-state index is 5.08. The van der Waals surface area contributed by atoms with Crippen LogP contribution < -0.4 is 4.74 Å². The van der Waals surface area contributed by atoms with Crippen LogP contribution >= 0.6 is 0 Å². The van der Waals surface area contributed by atoms with Crippen molar-refractivity contribution in [1.29, 1.82) is 0 Å². The number of ether oxygens (including phenoxy) is 1. The Balaban J connectivity index is 1.91. The highest BCUT2D eigenvalue weighted by Crippen LogP contribution is 2.26. The molecule has 0 aliphatic heterocycles. The number of hydrogen-bond donors (Lipinski definition) is 0. The molecule has 0 aromatic carbocycles. The van der Waals surface area contributed by atoms with Gasteiger partial charge in [0.25, 0.3) is 0 Å². The molecule has 3 heterocycles. The lowest BCUT2D eigenvalue weighted by Crippen LogP contribution is -2.10. The first-order chi connectivity index (χ1) is 11.5. The molecule has 24 heavy (non-hydrogen) atoms. The Kier molecular flexibility index (Phi) is 4.33. The van der Waals surface area contributed by atoms with Crippen LogP contribution in [0.2, 0.25) is 0 Å². The van der Waals surface area contributed by atoms with Gasteiger partial charge in [0, 0.05) is 35.6 Å². The predicted octanol–water partition coefficient (Wildman–Crippen LogP) is 2.79. The molecule has 7 heteroatoms. The van der Waals surface area contributed by atoms with Crippen LogP contribution in [0.15, 0.2) is 24.5 Å². The number of hydrogen-bond acceptors (Lipinski definition) is 5. The van der Waals surface area contributed by atoms with E-state index in [0.29, 0.717) is 5.88 Å². The molecule has 0 radical (unpaired) electrons. The summed E-state index contributed by atoms with van der Waals surface area (Å²) in [5.74, 6) is 0.581. The Morgan fingerprint density at radius 1 is 1.25 bits per heavy atom. The van der Waals surface area contributed by atoms with Gasteiger partial charge in [0.1, 0.15) is 5.69 Å². The second-order valence-electron chi connectivity index (χ2n) is 5.75. The van der Waals surface area contributed by atoms with Crippen LogP contribution in [0.4, 0.5) is 0 Å². The van der Waals surface area contributed by atoms with E-state index in [9.17, 15) is 0 Å². The first-order valence-corrected chi connectivity index (χ1v) is 8.01. The average Bonchev–Trinajstić information content (AvgIpc) is 3.19. The third kappa shape index (κ3) is 2.77. The summed E-state index contributed by atoms with van der Waals surface area (Å²) >= 11 is 0. The van der Waals surface area contributed by atoms with Crippen LogP contribution in [0.25, 0.3) is 11.3 Å². The molecule has 3 aromatic heterocycles. The van der Waals surface area contributed by atoms with Gasteiger partial charge in [-0.2, -0.15) is 5.10 Å². The van der Waals surface area contributed by atoms with Crippen LogP contribution in [0, 0.1) is 13.8 Å². The van der Waals surface area contributed by atoms with Crippen molar-refractivity contribution in [1.82, 2.24) is 29.8 Å². The van der Waals surface area contributed by atoms with Crippen molar-refractivity contribution in [2.24, 2.45) is 0 Å². The molecule has 0 saturated heterocycles. The van der Waals surface area contributed by atoms with E-state index in [0.717, 1.165) is 23.5 Å². The van der Waals surface area contributed by atoms with Crippen LogP contribution in [-0.4, -0.2) is 36.9 Å². The van der Waals surface area contributed by atoms with Crippen molar-refractivity contribution in [2.45, 2.75) is 40.3 Å². The number of pyridine rings is 1. The van der Waals surface area contributed by atoms with Crippen molar-refractivity contribution >= 4 is 0 Å². The molecule has 126 valence electrons. The number of rotatable bonds is 5. The minimum Gasteiger partial charge on any atom is -0.481 e. The average molecular weight is 326 g/mol. The molecule has 3 aromatic rings. The summed E-state index contributed by atoms with van der Waals surface area (Å²) in [7, 11) is 1.60. The van der Waals surface area contributed by atoms with E-state index < -0.39 is 0 Å². The maximum atomic E-state index is 5.08. The first kappa shape index (κ1) is 16.2. The lowest BCUT2D eigenvalue weighted by Gasteiger charge is -2.12. The molecule has 0 N–H and O–H groups in total. The number of methoxy groups -OCH3 is 1. The summed E-state index contributed by atoms with van der Waals surface area (Å²) in [5, 5.41) is 13.2. The standard InChI is InChI=1S/C17H22N6O/c1-6-22-12(3)17(11(2)20-22)13(4)23-10-15(19-21-23)14-7-8-16(24-5)18-9-14/h7-10,13H,6H2,1-5H3/t13-/m0/s1. The number of aryl methyl sites for hydroxylation is 2. The van der Waals surface area contributed by atoms with Gasteiger partial charge in [-0.05, 0) is 33.8 Å². The zero-order valence-corrected chi connectivity index (χ0v) is 14.7.